The molecule has 1 unspecified atom stereocenters. The van der Waals surface area contributed by atoms with Crippen molar-refractivity contribution in [2.24, 2.45) is 14.1 Å². The summed E-state index contributed by atoms with van der Waals surface area (Å²) in [7, 11) is 3.47. The van der Waals surface area contributed by atoms with Gasteiger partial charge in [-0.3, -0.25) is 23.6 Å². The number of halogens is 2. The van der Waals surface area contributed by atoms with Crippen LogP contribution in [0.4, 0.5) is 11.6 Å². The summed E-state index contributed by atoms with van der Waals surface area (Å²) < 4.78 is 4.58. The fraction of sp³-hybridized carbons (Fsp3) is 0.389. The largest absolute Gasteiger partial charge is 0.306 e. The highest BCUT2D eigenvalue weighted by Crippen LogP contribution is 2.26. The van der Waals surface area contributed by atoms with E-state index in [9.17, 15) is 9.59 Å². The number of carbonyl (C=O) groups excluding carboxylic acids is 2. The van der Waals surface area contributed by atoms with Gasteiger partial charge in [-0.25, -0.2) is 0 Å². The van der Waals surface area contributed by atoms with Crippen LogP contribution in [0.25, 0.3) is 0 Å². The van der Waals surface area contributed by atoms with Crippen LogP contribution in [0, 0.1) is 13.8 Å². The lowest BCUT2D eigenvalue weighted by Crippen LogP contribution is -2.27. The van der Waals surface area contributed by atoms with E-state index in [1.807, 2.05) is 6.92 Å². The zero-order valence-electron chi connectivity index (χ0n) is 17.2. The van der Waals surface area contributed by atoms with Gasteiger partial charge in [0.15, 0.2) is 17.3 Å². The number of nitrogens with zero attached hydrogens (tertiary/aromatic N) is 6. The van der Waals surface area contributed by atoms with Crippen LogP contribution in [0.15, 0.2) is 12.3 Å². The molecule has 160 valence electrons. The van der Waals surface area contributed by atoms with Gasteiger partial charge in [0.1, 0.15) is 16.1 Å². The minimum Gasteiger partial charge on any atom is -0.306 e. The van der Waals surface area contributed by atoms with E-state index in [1.54, 1.807) is 43.5 Å². The molecule has 0 aliphatic carbocycles. The predicted octanol–water partition coefficient (Wildman–Crippen LogP) is 3.12. The van der Waals surface area contributed by atoms with Crippen molar-refractivity contribution in [3.05, 3.63) is 39.4 Å². The van der Waals surface area contributed by atoms with Gasteiger partial charge in [-0.15, -0.1) is 0 Å². The molecule has 3 aromatic rings. The van der Waals surface area contributed by atoms with Gasteiger partial charge in [0.25, 0.3) is 5.91 Å². The van der Waals surface area contributed by atoms with E-state index in [1.165, 1.54) is 10.7 Å². The Morgan fingerprint density at radius 2 is 1.53 bits per heavy atom. The molecule has 0 aliphatic rings. The molecule has 0 fully saturated rings. The Kier molecular flexibility index (Phi) is 6.18. The van der Waals surface area contributed by atoms with Crippen molar-refractivity contribution in [2.75, 3.05) is 10.6 Å². The molecule has 3 rings (SSSR count). The van der Waals surface area contributed by atoms with Crippen LogP contribution in [0.2, 0.25) is 10.0 Å². The Morgan fingerprint density at radius 1 is 1.00 bits per heavy atom. The average molecular weight is 453 g/mol. The third-order valence-corrected chi connectivity index (χ3v) is 5.75. The first-order chi connectivity index (χ1) is 14.1. The number of aryl methyl sites for hydroxylation is 2. The summed E-state index contributed by atoms with van der Waals surface area (Å²) in [5, 5.41) is 18.7. The van der Waals surface area contributed by atoms with Crippen LogP contribution in [0.3, 0.4) is 0 Å². The summed E-state index contributed by atoms with van der Waals surface area (Å²) in [5.74, 6) is -0.282. The molecule has 0 saturated heterocycles. The van der Waals surface area contributed by atoms with Crippen LogP contribution in [0.1, 0.15) is 41.3 Å². The molecule has 0 saturated carbocycles. The van der Waals surface area contributed by atoms with Gasteiger partial charge in [0.2, 0.25) is 5.91 Å². The van der Waals surface area contributed by atoms with Crippen LogP contribution in [-0.4, -0.2) is 41.2 Å². The predicted molar refractivity (Wildman–Crippen MR) is 114 cm³/mol. The number of hydrogen-bond donors (Lipinski definition) is 2. The van der Waals surface area contributed by atoms with E-state index in [-0.39, 0.29) is 23.2 Å². The topological polar surface area (TPSA) is 112 Å². The van der Waals surface area contributed by atoms with Gasteiger partial charge < -0.3 is 10.6 Å². The van der Waals surface area contributed by atoms with E-state index < -0.39 is 11.9 Å². The SMILES string of the molecule is CCC(C(=O)Nc1nn(C)c(C)c1Cl)n1ccc(C(=O)Nc2nn(C)c(C)c2Cl)n1. The lowest BCUT2D eigenvalue weighted by molar-refractivity contribution is -0.119. The third-order valence-electron chi connectivity index (χ3n) is 4.85. The van der Waals surface area contributed by atoms with Crippen LogP contribution in [-0.2, 0) is 18.9 Å². The molecule has 2 N–H and O–H groups in total. The Bertz CT molecular complexity index is 1110. The van der Waals surface area contributed by atoms with Gasteiger partial charge in [-0.2, -0.15) is 15.3 Å². The second-order valence-corrected chi connectivity index (χ2v) is 7.55. The van der Waals surface area contributed by atoms with Gasteiger partial charge in [-0.1, -0.05) is 30.1 Å². The van der Waals surface area contributed by atoms with E-state index in [0.29, 0.717) is 16.5 Å². The molecule has 3 aromatic heterocycles. The minimum absolute atomic E-state index is 0.132. The minimum atomic E-state index is -0.648. The van der Waals surface area contributed by atoms with Crippen molar-refractivity contribution in [2.45, 2.75) is 33.2 Å². The fourth-order valence-corrected chi connectivity index (χ4v) is 3.24. The number of hydrogen-bond acceptors (Lipinski definition) is 5. The molecule has 30 heavy (non-hydrogen) atoms. The van der Waals surface area contributed by atoms with Crippen molar-refractivity contribution < 1.29 is 9.59 Å². The molecule has 0 aromatic carbocycles. The molecule has 2 amide bonds. The number of carbonyl (C=O) groups is 2. The number of anilines is 2. The van der Waals surface area contributed by atoms with Crippen molar-refractivity contribution in [1.82, 2.24) is 29.3 Å². The number of rotatable bonds is 6. The Morgan fingerprint density at radius 3 is 2.00 bits per heavy atom. The fourth-order valence-electron chi connectivity index (χ4n) is 2.82. The molecular formula is C18H22Cl2N8O2. The normalized spacial score (nSPS) is 12.1. The highest BCUT2D eigenvalue weighted by molar-refractivity contribution is 6.34. The van der Waals surface area contributed by atoms with Crippen LogP contribution in [0.5, 0.6) is 0 Å². The molecule has 0 spiro atoms. The summed E-state index contributed by atoms with van der Waals surface area (Å²) in [6.45, 7) is 5.43. The van der Waals surface area contributed by atoms with E-state index in [2.05, 4.69) is 25.9 Å². The molecule has 12 heteroatoms. The molecule has 1 atom stereocenters. The van der Waals surface area contributed by atoms with Crippen molar-refractivity contribution in [3.8, 4) is 0 Å². The summed E-state index contributed by atoms with van der Waals surface area (Å²) in [4.78, 5) is 25.3. The first-order valence-corrected chi connectivity index (χ1v) is 9.95. The standard InChI is InChI=1S/C18H22Cl2N8O2/c1-6-12(18(30)22-16-14(20)10(3)27(5)25-16)28-8-7-11(23-28)17(29)21-15-13(19)9(2)26(4)24-15/h7-8,12H,6H2,1-5H3,(H,21,24,29)(H,22,25,30). The highest BCUT2D eigenvalue weighted by atomic mass is 35.5. The summed E-state index contributed by atoms with van der Waals surface area (Å²) in [6.07, 6.45) is 2.02. The second kappa shape index (κ2) is 8.49. The Balaban J connectivity index is 1.75. The first-order valence-electron chi connectivity index (χ1n) is 9.19. The number of amides is 2. The smallest absolute Gasteiger partial charge is 0.277 e. The summed E-state index contributed by atoms with van der Waals surface area (Å²) in [5.41, 5.74) is 1.59. The molecule has 0 radical (unpaired) electrons. The highest BCUT2D eigenvalue weighted by Gasteiger charge is 2.24. The van der Waals surface area contributed by atoms with Crippen LogP contribution >= 0.6 is 23.2 Å². The van der Waals surface area contributed by atoms with Gasteiger partial charge >= 0.3 is 0 Å². The van der Waals surface area contributed by atoms with E-state index in [4.69, 9.17) is 23.2 Å². The quantitative estimate of drug-likeness (QED) is 0.596. The Labute approximate surface area is 183 Å². The van der Waals surface area contributed by atoms with Gasteiger partial charge in [0, 0.05) is 20.3 Å². The molecule has 10 nitrogen and oxygen atoms in total. The maximum Gasteiger partial charge on any atom is 0.277 e. The van der Waals surface area contributed by atoms with Crippen molar-refractivity contribution in [1.29, 1.82) is 0 Å². The summed E-state index contributed by atoms with van der Waals surface area (Å²) >= 11 is 12.4. The third kappa shape index (κ3) is 4.05. The Hall–Kier alpha value is -2.85. The van der Waals surface area contributed by atoms with Crippen molar-refractivity contribution >= 4 is 46.7 Å². The molecule has 3 heterocycles. The number of nitrogens with one attached hydrogen (secondary N) is 2. The maximum absolute atomic E-state index is 12.8. The monoisotopic (exact) mass is 452 g/mol. The number of aromatic nitrogens is 6. The molecular weight excluding hydrogens is 431 g/mol. The molecule has 0 bridgehead atoms. The van der Waals surface area contributed by atoms with Gasteiger partial charge in [-0.05, 0) is 26.3 Å². The lowest BCUT2D eigenvalue weighted by Gasteiger charge is -2.14. The zero-order valence-corrected chi connectivity index (χ0v) is 18.7. The second-order valence-electron chi connectivity index (χ2n) is 6.79. The first kappa shape index (κ1) is 21.8. The maximum atomic E-state index is 12.8. The molecule has 0 aliphatic heterocycles. The average Bonchev–Trinajstić information content (AvgIpc) is 3.34. The van der Waals surface area contributed by atoms with Gasteiger partial charge in [0.05, 0.1) is 11.4 Å². The van der Waals surface area contributed by atoms with E-state index >= 15 is 0 Å². The van der Waals surface area contributed by atoms with E-state index in [0.717, 1.165) is 11.4 Å². The summed E-state index contributed by atoms with van der Waals surface area (Å²) in [6, 6.07) is 0.873. The lowest BCUT2D eigenvalue weighted by atomic mass is 10.2. The van der Waals surface area contributed by atoms with Crippen molar-refractivity contribution in [3.63, 3.8) is 0 Å². The van der Waals surface area contributed by atoms with Crippen LogP contribution < -0.4 is 10.6 Å². The zero-order chi connectivity index (χ0) is 22.2.